The largest absolute Gasteiger partial charge is 0.458 e. The van der Waals surface area contributed by atoms with Gasteiger partial charge >= 0.3 is 0 Å². The second-order valence-electron chi connectivity index (χ2n) is 6.97. The molecule has 1 fully saturated rings. The van der Waals surface area contributed by atoms with E-state index in [-0.39, 0.29) is 11.1 Å². The van der Waals surface area contributed by atoms with Gasteiger partial charge < -0.3 is 20.0 Å². The van der Waals surface area contributed by atoms with Crippen LogP contribution in [0.15, 0.2) is 16.5 Å². The molecule has 4 heterocycles. The first-order valence-corrected chi connectivity index (χ1v) is 9.40. The zero-order valence-corrected chi connectivity index (χ0v) is 15.8. The number of amides is 1. The van der Waals surface area contributed by atoms with Gasteiger partial charge in [0.15, 0.2) is 22.4 Å². The van der Waals surface area contributed by atoms with Crippen LogP contribution < -0.4 is 10.6 Å². The van der Waals surface area contributed by atoms with E-state index in [9.17, 15) is 4.79 Å². The number of halogens is 1. The van der Waals surface area contributed by atoms with Crippen molar-refractivity contribution < 1.29 is 9.21 Å². The quantitative estimate of drug-likeness (QED) is 0.649. The topological polar surface area (TPSA) is 114 Å². The molecule has 8 nitrogen and oxygen atoms in total. The predicted molar refractivity (Wildman–Crippen MR) is 102 cm³/mol. The van der Waals surface area contributed by atoms with Crippen LogP contribution in [0.5, 0.6) is 0 Å². The molecule has 1 atom stereocenters. The Hall–Kier alpha value is -2.61. The van der Waals surface area contributed by atoms with Crippen LogP contribution in [0, 0.1) is 12.8 Å². The number of fused-ring (bicyclic) bond motifs is 1. The van der Waals surface area contributed by atoms with Gasteiger partial charge in [-0.3, -0.25) is 4.79 Å². The molecule has 1 unspecified atom stereocenters. The molecule has 0 saturated carbocycles. The number of primary amides is 1. The van der Waals surface area contributed by atoms with Gasteiger partial charge in [-0.2, -0.15) is 0 Å². The Morgan fingerprint density at radius 3 is 3.00 bits per heavy atom. The number of anilines is 1. The SMILES string of the molecule is Cc1ccc(-c2nc(Cl)c3nc(N4CCCC(CCC(N)=O)C4)[nH]c3n2)o1. The number of piperidine rings is 1. The fourth-order valence-corrected chi connectivity index (χ4v) is 3.72. The molecule has 1 amide bonds. The summed E-state index contributed by atoms with van der Waals surface area (Å²) in [7, 11) is 0. The second kappa shape index (κ2) is 7.19. The zero-order valence-electron chi connectivity index (χ0n) is 15.0. The molecule has 0 aliphatic carbocycles. The Morgan fingerprint density at radius 1 is 1.41 bits per heavy atom. The number of nitrogens with one attached hydrogen (secondary N) is 1. The molecule has 3 aromatic heterocycles. The van der Waals surface area contributed by atoms with Crippen molar-refractivity contribution >= 4 is 34.6 Å². The van der Waals surface area contributed by atoms with Crippen molar-refractivity contribution in [2.75, 3.05) is 18.0 Å². The van der Waals surface area contributed by atoms with Gasteiger partial charge in [0.05, 0.1) is 0 Å². The molecule has 9 heteroatoms. The Labute approximate surface area is 161 Å². The Kier molecular flexibility index (Phi) is 4.73. The highest BCUT2D eigenvalue weighted by Crippen LogP contribution is 2.29. The lowest BCUT2D eigenvalue weighted by Crippen LogP contribution is -2.36. The Balaban J connectivity index is 1.59. The van der Waals surface area contributed by atoms with E-state index in [4.69, 9.17) is 21.8 Å². The summed E-state index contributed by atoms with van der Waals surface area (Å²) in [6, 6.07) is 3.67. The minimum absolute atomic E-state index is 0.251. The molecule has 0 spiro atoms. The van der Waals surface area contributed by atoms with Crippen molar-refractivity contribution in [3.8, 4) is 11.6 Å². The number of aromatic nitrogens is 4. The van der Waals surface area contributed by atoms with Crippen LogP contribution in [0.3, 0.4) is 0 Å². The van der Waals surface area contributed by atoms with Crippen molar-refractivity contribution in [3.63, 3.8) is 0 Å². The summed E-state index contributed by atoms with van der Waals surface area (Å²) in [5.74, 6) is 2.66. The lowest BCUT2D eigenvalue weighted by Gasteiger charge is -2.32. The average molecular weight is 389 g/mol. The van der Waals surface area contributed by atoms with Gasteiger partial charge in [0.2, 0.25) is 11.9 Å². The summed E-state index contributed by atoms with van der Waals surface area (Å²) in [6.07, 6.45) is 3.35. The number of carbonyl (C=O) groups is 1. The highest BCUT2D eigenvalue weighted by Gasteiger charge is 2.24. The summed E-state index contributed by atoms with van der Waals surface area (Å²) in [6.45, 7) is 3.58. The van der Waals surface area contributed by atoms with E-state index >= 15 is 0 Å². The molecule has 1 aliphatic heterocycles. The van der Waals surface area contributed by atoms with E-state index in [1.165, 1.54) is 0 Å². The molecule has 3 aromatic rings. The van der Waals surface area contributed by atoms with Crippen LogP contribution >= 0.6 is 11.6 Å². The summed E-state index contributed by atoms with van der Waals surface area (Å²) in [5.41, 5.74) is 6.39. The minimum atomic E-state index is -0.251. The van der Waals surface area contributed by atoms with Crippen LogP contribution in [0.1, 0.15) is 31.4 Å². The number of hydrogen-bond acceptors (Lipinski definition) is 6. The highest BCUT2D eigenvalue weighted by atomic mass is 35.5. The van der Waals surface area contributed by atoms with E-state index in [1.807, 2.05) is 19.1 Å². The second-order valence-corrected chi connectivity index (χ2v) is 7.32. The summed E-state index contributed by atoms with van der Waals surface area (Å²) < 4.78 is 5.59. The Bertz CT molecular complexity index is 982. The van der Waals surface area contributed by atoms with Gasteiger partial charge in [-0.15, -0.1) is 0 Å². The number of furan rings is 1. The Morgan fingerprint density at radius 2 is 2.26 bits per heavy atom. The van der Waals surface area contributed by atoms with Gasteiger partial charge in [0.25, 0.3) is 0 Å². The first-order valence-electron chi connectivity index (χ1n) is 9.03. The van der Waals surface area contributed by atoms with Crippen molar-refractivity contribution in [3.05, 3.63) is 23.0 Å². The van der Waals surface area contributed by atoms with E-state index < -0.39 is 0 Å². The van der Waals surface area contributed by atoms with Crippen LogP contribution in [0.2, 0.25) is 5.15 Å². The third-order valence-electron chi connectivity index (χ3n) is 4.87. The van der Waals surface area contributed by atoms with E-state index in [0.29, 0.717) is 35.1 Å². The third kappa shape index (κ3) is 3.75. The molecular weight excluding hydrogens is 368 g/mol. The van der Waals surface area contributed by atoms with Gasteiger partial charge in [-0.05, 0) is 44.2 Å². The van der Waals surface area contributed by atoms with Gasteiger partial charge in [0, 0.05) is 19.5 Å². The molecule has 142 valence electrons. The monoisotopic (exact) mass is 388 g/mol. The van der Waals surface area contributed by atoms with Crippen molar-refractivity contribution in [1.29, 1.82) is 0 Å². The molecule has 4 rings (SSSR count). The molecule has 1 saturated heterocycles. The first-order chi connectivity index (χ1) is 13.0. The maximum absolute atomic E-state index is 11.1. The average Bonchev–Trinajstić information content (AvgIpc) is 3.27. The van der Waals surface area contributed by atoms with Crippen LogP contribution in [0.25, 0.3) is 22.7 Å². The van der Waals surface area contributed by atoms with Crippen LogP contribution in [0.4, 0.5) is 5.95 Å². The first kappa shape index (κ1) is 17.8. The standard InChI is InChI=1S/C18H21ClN6O2/c1-10-4-6-12(27-10)16-22-15(19)14-17(23-16)24-18(21-14)25-8-2-3-11(9-25)5-7-13(20)26/h4,6,11H,2-3,5,7-9H2,1H3,(H2,20,26)(H,21,22,23,24). The number of nitrogens with zero attached hydrogens (tertiary/aromatic N) is 4. The van der Waals surface area contributed by atoms with E-state index in [1.54, 1.807) is 0 Å². The maximum Gasteiger partial charge on any atom is 0.217 e. The summed E-state index contributed by atoms with van der Waals surface area (Å²) >= 11 is 6.34. The molecular formula is C18H21ClN6O2. The molecule has 0 bridgehead atoms. The smallest absolute Gasteiger partial charge is 0.217 e. The normalized spacial score (nSPS) is 17.6. The van der Waals surface area contributed by atoms with Crippen molar-refractivity contribution in [1.82, 2.24) is 19.9 Å². The molecule has 1 aliphatic rings. The summed E-state index contributed by atoms with van der Waals surface area (Å²) in [5, 5.41) is 0.286. The molecule has 27 heavy (non-hydrogen) atoms. The highest BCUT2D eigenvalue weighted by molar-refractivity contribution is 6.33. The summed E-state index contributed by atoms with van der Waals surface area (Å²) in [4.78, 5) is 29.9. The molecule has 3 N–H and O–H groups in total. The number of imidazole rings is 1. The fourth-order valence-electron chi connectivity index (χ4n) is 3.51. The van der Waals surface area contributed by atoms with Crippen molar-refractivity contribution in [2.45, 2.75) is 32.6 Å². The van der Waals surface area contributed by atoms with Crippen molar-refractivity contribution in [2.24, 2.45) is 11.7 Å². The van der Waals surface area contributed by atoms with Crippen LogP contribution in [-0.4, -0.2) is 38.9 Å². The number of rotatable bonds is 5. The fraction of sp³-hybridized carbons (Fsp3) is 0.444. The number of nitrogens with two attached hydrogens (primary N) is 1. The van der Waals surface area contributed by atoms with Gasteiger partial charge in [0.1, 0.15) is 11.3 Å². The lowest BCUT2D eigenvalue weighted by molar-refractivity contribution is -0.118. The molecule has 0 radical (unpaired) electrons. The minimum Gasteiger partial charge on any atom is -0.458 e. The number of aryl methyl sites for hydroxylation is 1. The third-order valence-corrected chi connectivity index (χ3v) is 5.13. The predicted octanol–water partition coefficient (Wildman–Crippen LogP) is 3.06. The van der Waals surface area contributed by atoms with Gasteiger partial charge in [-0.1, -0.05) is 11.6 Å². The van der Waals surface area contributed by atoms with E-state index in [0.717, 1.165) is 44.1 Å². The van der Waals surface area contributed by atoms with Gasteiger partial charge in [-0.25, -0.2) is 15.0 Å². The number of H-pyrrole nitrogens is 1. The number of aromatic amines is 1. The van der Waals surface area contributed by atoms with Crippen LogP contribution in [-0.2, 0) is 4.79 Å². The number of hydrogen-bond donors (Lipinski definition) is 2. The number of carbonyl (C=O) groups excluding carboxylic acids is 1. The maximum atomic E-state index is 11.1. The van der Waals surface area contributed by atoms with E-state index in [2.05, 4.69) is 24.8 Å². The lowest BCUT2D eigenvalue weighted by atomic mass is 9.93. The molecule has 0 aromatic carbocycles. The zero-order chi connectivity index (χ0) is 19.0.